The lowest BCUT2D eigenvalue weighted by Crippen LogP contribution is -2.62. The van der Waals surface area contributed by atoms with Gasteiger partial charge in [0, 0.05) is 19.6 Å². The topological polar surface area (TPSA) is 167 Å². The number of para-hydroxylation sites is 1. The number of morpholine rings is 1. The van der Waals surface area contributed by atoms with Crippen LogP contribution in [-0.4, -0.2) is 104 Å². The summed E-state index contributed by atoms with van der Waals surface area (Å²) in [6.45, 7) is 9.71. The molecule has 2 aliphatic heterocycles. The molecule has 13 heteroatoms. The van der Waals surface area contributed by atoms with Gasteiger partial charge in [-0.25, -0.2) is 0 Å². The first-order valence-electron chi connectivity index (χ1n) is 16.1. The summed E-state index contributed by atoms with van der Waals surface area (Å²) in [4.78, 5) is 69.7. The molecular formula is C32H48N6O7. The van der Waals surface area contributed by atoms with E-state index in [0.717, 1.165) is 32.5 Å². The quantitative estimate of drug-likeness (QED) is 0.284. The van der Waals surface area contributed by atoms with Gasteiger partial charge >= 0.3 is 0 Å². The number of hydrogen-bond donors (Lipinski definition) is 5. The van der Waals surface area contributed by atoms with Gasteiger partial charge in [-0.3, -0.25) is 28.9 Å². The predicted octanol–water partition coefficient (Wildman–Crippen LogP) is 0.481. The van der Waals surface area contributed by atoms with Gasteiger partial charge < -0.3 is 36.1 Å². The van der Waals surface area contributed by atoms with Crippen molar-refractivity contribution < 1.29 is 33.4 Å². The van der Waals surface area contributed by atoms with E-state index in [2.05, 4.69) is 31.5 Å². The van der Waals surface area contributed by atoms with Crippen LogP contribution in [0.15, 0.2) is 24.3 Å². The Kier molecular flexibility index (Phi) is 12.2. The molecule has 2 fully saturated rings. The van der Waals surface area contributed by atoms with Gasteiger partial charge in [0.25, 0.3) is 5.91 Å². The second kappa shape index (κ2) is 16.0. The number of carbonyl (C=O) groups is 5. The van der Waals surface area contributed by atoms with Crippen LogP contribution in [0.25, 0.3) is 0 Å². The first-order valence-corrected chi connectivity index (χ1v) is 16.1. The normalized spacial score (nSPS) is 25.3. The summed E-state index contributed by atoms with van der Waals surface area (Å²) < 4.78 is 11.3. The van der Waals surface area contributed by atoms with Crippen molar-refractivity contribution in [3.63, 3.8) is 0 Å². The molecule has 248 valence electrons. The average molecular weight is 629 g/mol. The molecule has 45 heavy (non-hydrogen) atoms. The third kappa shape index (κ3) is 9.40. The maximum Gasteiger partial charge on any atom is 0.255 e. The lowest BCUT2D eigenvalue weighted by atomic mass is 9.93. The molecule has 1 aromatic rings. The Balaban J connectivity index is 1.56. The van der Waals surface area contributed by atoms with Crippen molar-refractivity contribution >= 4 is 29.5 Å². The number of hydrogen-bond acceptors (Lipinski definition) is 8. The number of ether oxygens (including phenoxy) is 2. The lowest BCUT2D eigenvalue weighted by molar-refractivity contribution is -0.137. The number of rotatable bonds is 6. The molecule has 0 radical (unpaired) electrons. The summed E-state index contributed by atoms with van der Waals surface area (Å²) >= 11 is 0. The summed E-state index contributed by atoms with van der Waals surface area (Å²) in [6.07, 6.45) is 2.58. The number of carbonyl (C=O) groups excluding carboxylic acids is 5. The highest BCUT2D eigenvalue weighted by molar-refractivity contribution is 6.01. The minimum atomic E-state index is -1.22. The Morgan fingerprint density at radius 2 is 1.76 bits per heavy atom. The van der Waals surface area contributed by atoms with Crippen LogP contribution in [0.2, 0.25) is 0 Å². The summed E-state index contributed by atoms with van der Waals surface area (Å²) in [5.74, 6) is -2.38. The number of benzene rings is 1. The Labute approximate surface area is 264 Å². The fourth-order valence-electron chi connectivity index (χ4n) is 5.98. The van der Waals surface area contributed by atoms with Gasteiger partial charge in [0.05, 0.1) is 31.2 Å². The first kappa shape index (κ1) is 34.2. The van der Waals surface area contributed by atoms with Crippen molar-refractivity contribution in [1.29, 1.82) is 0 Å². The number of nitrogens with one attached hydrogen (secondary N) is 5. The van der Waals surface area contributed by atoms with E-state index in [0.29, 0.717) is 39.0 Å². The molecule has 0 bridgehead atoms. The fourth-order valence-corrected chi connectivity index (χ4v) is 5.98. The van der Waals surface area contributed by atoms with E-state index in [1.807, 2.05) is 13.8 Å². The molecule has 1 saturated heterocycles. The van der Waals surface area contributed by atoms with Crippen molar-refractivity contribution in [3.8, 4) is 5.75 Å². The molecule has 1 spiro atoms. The Bertz CT molecular complexity index is 1210. The van der Waals surface area contributed by atoms with Gasteiger partial charge in [0.15, 0.2) is 0 Å². The van der Waals surface area contributed by atoms with Gasteiger partial charge in [-0.1, -0.05) is 38.8 Å². The molecule has 1 saturated carbocycles. The smallest absolute Gasteiger partial charge is 0.255 e. The molecule has 4 rings (SSSR count). The maximum absolute atomic E-state index is 13.7. The molecule has 2 heterocycles. The van der Waals surface area contributed by atoms with Crippen LogP contribution in [0.3, 0.4) is 0 Å². The zero-order valence-electron chi connectivity index (χ0n) is 26.6. The first-order chi connectivity index (χ1) is 21.6. The minimum Gasteiger partial charge on any atom is -0.491 e. The molecule has 0 unspecified atom stereocenters. The molecule has 5 N–H and O–H groups in total. The van der Waals surface area contributed by atoms with E-state index in [1.165, 1.54) is 0 Å². The van der Waals surface area contributed by atoms with Crippen LogP contribution in [0.1, 0.15) is 69.7 Å². The van der Waals surface area contributed by atoms with E-state index in [9.17, 15) is 24.0 Å². The third-order valence-electron chi connectivity index (χ3n) is 8.58. The Hall–Kier alpha value is -3.71. The van der Waals surface area contributed by atoms with Gasteiger partial charge in [-0.15, -0.1) is 0 Å². The minimum absolute atomic E-state index is 0.0613. The molecule has 5 amide bonds. The van der Waals surface area contributed by atoms with Crippen molar-refractivity contribution in [2.24, 2.45) is 5.92 Å². The number of fused-ring (bicyclic) bond motifs is 1. The van der Waals surface area contributed by atoms with E-state index in [4.69, 9.17) is 9.47 Å². The van der Waals surface area contributed by atoms with E-state index in [-0.39, 0.29) is 36.2 Å². The highest BCUT2D eigenvalue weighted by Crippen LogP contribution is 2.30. The molecule has 1 aromatic carbocycles. The number of amides is 5. The summed E-state index contributed by atoms with van der Waals surface area (Å²) in [5, 5.41) is 14.3. The van der Waals surface area contributed by atoms with Crippen LogP contribution in [0.5, 0.6) is 5.75 Å². The molecule has 13 nitrogen and oxygen atoms in total. The van der Waals surface area contributed by atoms with E-state index in [1.54, 1.807) is 31.2 Å². The highest BCUT2D eigenvalue weighted by Gasteiger charge is 2.44. The lowest BCUT2D eigenvalue weighted by Gasteiger charge is -2.33. The van der Waals surface area contributed by atoms with E-state index >= 15 is 0 Å². The maximum atomic E-state index is 13.7. The van der Waals surface area contributed by atoms with Gasteiger partial charge in [0.2, 0.25) is 23.6 Å². The van der Waals surface area contributed by atoms with Crippen LogP contribution < -0.4 is 31.3 Å². The zero-order valence-corrected chi connectivity index (χ0v) is 26.6. The standard InChI is InChI=1S/C32H48N6O7/c1-21(2)27-30(42)34-22(3)20-45-25-10-5-4-9-23(25)28(40)35-24(29(41)33-13-8-14-38-15-17-44-18-16-38)19-26(39)37-32(31(43)36-27)11-6-7-12-32/h4-5,9-10,21-22,24,27H,6-8,11-20H2,1-3H3,(H,33,41)(H,34,42)(H,35,40)(H,36,43)(H,37,39)/t22-,24-,27+/m0/s1. The number of nitrogens with zero attached hydrogens (tertiary/aromatic N) is 1. The molecule has 3 aliphatic rings. The van der Waals surface area contributed by atoms with Gasteiger partial charge in [0.1, 0.15) is 30.0 Å². The van der Waals surface area contributed by atoms with Crippen LogP contribution in [0.4, 0.5) is 0 Å². The SMILES string of the molecule is CC(C)[C@H]1NC(=O)C2(CCCC2)NC(=O)C[C@@H](C(=O)NCCCN2CCOCC2)NC(=O)c2ccccc2OC[C@H](C)NC1=O. The fraction of sp³-hybridized carbons (Fsp3) is 0.656. The monoisotopic (exact) mass is 628 g/mol. The van der Waals surface area contributed by atoms with Crippen LogP contribution in [0, 0.1) is 5.92 Å². The summed E-state index contributed by atoms with van der Waals surface area (Å²) in [7, 11) is 0. The molecule has 3 atom stereocenters. The molecular weight excluding hydrogens is 580 g/mol. The Morgan fingerprint density at radius 3 is 2.47 bits per heavy atom. The van der Waals surface area contributed by atoms with Crippen molar-refractivity contribution in [3.05, 3.63) is 29.8 Å². The van der Waals surface area contributed by atoms with Crippen molar-refractivity contribution in [1.82, 2.24) is 31.5 Å². The third-order valence-corrected chi connectivity index (χ3v) is 8.58. The van der Waals surface area contributed by atoms with Gasteiger partial charge in [-0.2, -0.15) is 0 Å². The second-order valence-corrected chi connectivity index (χ2v) is 12.6. The summed E-state index contributed by atoms with van der Waals surface area (Å²) in [5.41, 5.74) is -1.03. The van der Waals surface area contributed by atoms with Crippen LogP contribution >= 0.6 is 0 Å². The van der Waals surface area contributed by atoms with Crippen molar-refractivity contribution in [2.45, 2.75) is 83.0 Å². The van der Waals surface area contributed by atoms with Crippen molar-refractivity contribution in [2.75, 3.05) is 46.0 Å². The molecule has 0 aromatic heterocycles. The summed E-state index contributed by atoms with van der Waals surface area (Å²) in [6, 6.07) is 4.12. The Morgan fingerprint density at radius 1 is 1.04 bits per heavy atom. The molecule has 1 aliphatic carbocycles. The average Bonchev–Trinajstić information content (AvgIpc) is 3.49. The largest absolute Gasteiger partial charge is 0.491 e. The highest BCUT2D eigenvalue weighted by atomic mass is 16.5. The van der Waals surface area contributed by atoms with Gasteiger partial charge in [-0.05, 0) is 50.8 Å². The zero-order chi connectivity index (χ0) is 32.4. The van der Waals surface area contributed by atoms with E-state index < -0.39 is 47.3 Å². The predicted molar refractivity (Wildman–Crippen MR) is 166 cm³/mol. The van der Waals surface area contributed by atoms with Crippen LogP contribution in [-0.2, 0) is 23.9 Å². The second-order valence-electron chi connectivity index (χ2n) is 12.6.